The smallest absolute Gasteiger partial charge is 0.303 e. The van der Waals surface area contributed by atoms with E-state index in [4.69, 9.17) is 4.74 Å². The zero-order chi connectivity index (χ0) is 18.0. The molecule has 0 saturated heterocycles. The van der Waals surface area contributed by atoms with Crippen LogP contribution in [-0.2, 0) is 14.3 Å². The van der Waals surface area contributed by atoms with E-state index in [-0.39, 0.29) is 23.1 Å². The fourth-order valence-corrected chi connectivity index (χ4v) is 6.76. The lowest BCUT2D eigenvalue weighted by atomic mass is 9.47. The second-order valence-corrected chi connectivity index (χ2v) is 9.37. The minimum absolute atomic E-state index is 0.118. The van der Waals surface area contributed by atoms with Crippen molar-refractivity contribution < 1.29 is 19.4 Å². The van der Waals surface area contributed by atoms with E-state index in [9.17, 15) is 14.7 Å². The Hall–Kier alpha value is -1.16. The number of aliphatic hydroxyl groups is 1. The molecule has 25 heavy (non-hydrogen) atoms. The minimum atomic E-state index is -0.843. The first-order chi connectivity index (χ1) is 11.8. The van der Waals surface area contributed by atoms with E-state index < -0.39 is 12.2 Å². The molecule has 0 aromatic carbocycles. The van der Waals surface area contributed by atoms with Crippen LogP contribution in [0.5, 0.6) is 0 Å². The van der Waals surface area contributed by atoms with Gasteiger partial charge in [0, 0.05) is 12.8 Å². The van der Waals surface area contributed by atoms with E-state index in [0.717, 1.165) is 18.4 Å². The molecule has 3 saturated carbocycles. The summed E-state index contributed by atoms with van der Waals surface area (Å²) in [5.41, 5.74) is 1.00. The van der Waals surface area contributed by atoms with E-state index in [1.807, 2.05) is 0 Å². The minimum Gasteiger partial charge on any atom is -0.459 e. The molecule has 0 spiro atoms. The fourth-order valence-electron chi connectivity index (χ4n) is 6.76. The van der Waals surface area contributed by atoms with E-state index >= 15 is 0 Å². The summed E-state index contributed by atoms with van der Waals surface area (Å²) in [6, 6.07) is 0. The number of hydrogen-bond donors (Lipinski definition) is 1. The van der Waals surface area contributed by atoms with Crippen LogP contribution in [-0.4, -0.2) is 29.1 Å². The quantitative estimate of drug-likeness (QED) is 0.739. The number of esters is 1. The molecule has 4 nitrogen and oxygen atoms in total. The van der Waals surface area contributed by atoms with Gasteiger partial charge in [-0.2, -0.15) is 0 Å². The summed E-state index contributed by atoms with van der Waals surface area (Å²) in [4.78, 5) is 24.4. The van der Waals surface area contributed by atoms with E-state index in [1.54, 1.807) is 6.08 Å². The maximum atomic E-state index is 13.1. The van der Waals surface area contributed by atoms with Crippen molar-refractivity contribution in [3.63, 3.8) is 0 Å². The summed E-state index contributed by atoms with van der Waals surface area (Å²) in [7, 11) is 0. The monoisotopic (exact) mass is 346 g/mol. The summed E-state index contributed by atoms with van der Waals surface area (Å²) >= 11 is 0. The van der Waals surface area contributed by atoms with Gasteiger partial charge in [-0.15, -0.1) is 0 Å². The van der Waals surface area contributed by atoms with Gasteiger partial charge in [0.25, 0.3) is 0 Å². The number of hydrogen-bond acceptors (Lipinski definition) is 4. The number of fused-ring (bicyclic) bond motifs is 5. The molecule has 7 atom stereocenters. The lowest BCUT2D eigenvalue weighted by Crippen LogP contribution is -2.56. The van der Waals surface area contributed by atoms with Crippen LogP contribution < -0.4 is 0 Å². The molecule has 4 aliphatic carbocycles. The average molecular weight is 346 g/mol. The number of ether oxygens (including phenoxy) is 1. The van der Waals surface area contributed by atoms with Crippen molar-refractivity contribution in [2.24, 2.45) is 28.6 Å². The fraction of sp³-hybridized carbons (Fsp3) is 0.810. The van der Waals surface area contributed by atoms with Gasteiger partial charge in [-0.3, -0.25) is 9.59 Å². The Balaban J connectivity index is 1.70. The maximum absolute atomic E-state index is 13.1. The average Bonchev–Trinajstić information content (AvgIpc) is 2.94. The molecule has 0 heterocycles. The van der Waals surface area contributed by atoms with Gasteiger partial charge in [-0.25, -0.2) is 0 Å². The molecule has 4 aliphatic rings. The Morgan fingerprint density at radius 3 is 2.64 bits per heavy atom. The highest BCUT2D eigenvalue weighted by Crippen LogP contribution is 2.64. The molecule has 0 aromatic rings. The molecule has 4 heteroatoms. The lowest BCUT2D eigenvalue weighted by Gasteiger charge is -2.57. The standard InChI is InChI=1S/C21H30O4/c1-12(22)25-17-7-10-21(3)14-6-9-20(2)8-4-5-13(20)18(14)16(23)11-15(21)19(17)24/h11,13-14,17-19,24H,4-10H2,1-3H3/t13-,14-,17-,18-,19-,20-,21+/m0/s1. The third-order valence-electron chi connectivity index (χ3n) is 8.09. The van der Waals surface area contributed by atoms with Gasteiger partial charge in [0.15, 0.2) is 5.78 Å². The molecule has 1 N–H and O–H groups in total. The maximum Gasteiger partial charge on any atom is 0.303 e. The topological polar surface area (TPSA) is 63.6 Å². The molecule has 138 valence electrons. The molecular weight excluding hydrogens is 316 g/mol. The van der Waals surface area contributed by atoms with Gasteiger partial charge >= 0.3 is 5.97 Å². The van der Waals surface area contributed by atoms with Crippen molar-refractivity contribution in [1.29, 1.82) is 0 Å². The molecule has 3 fully saturated rings. The number of allylic oxidation sites excluding steroid dienone is 1. The first kappa shape index (κ1) is 17.3. The van der Waals surface area contributed by atoms with Crippen molar-refractivity contribution >= 4 is 11.8 Å². The lowest BCUT2D eigenvalue weighted by molar-refractivity contribution is -0.157. The van der Waals surface area contributed by atoms with Crippen LogP contribution in [0.3, 0.4) is 0 Å². The number of ketones is 1. The predicted molar refractivity (Wildman–Crippen MR) is 93.7 cm³/mol. The highest BCUT2D eigenvalue weighted by atomic mass is 16.6. The number of carbonyl (C=O) groups is 2. The predicted octanol–water partition coefficient (Wildman–Crippen LogP) is 3.42. The van der Waals surface area contributed by atoms with Gasteiger partial charge in [0.1, 0.15) is 12.2 Å². The molecule has 0 bridgehead atoms. The van der Waals surface area contributed by atoms with Gasteiger partial charge < -0.3 is 9.84 Å². The second-order valence-electron chi connectivity index (χ2n) is 9.37. The van der Waals surface area contributed by atoms with Gasteiger partial charge in [0.2, 0.25) is 0 Å². The Bertz CT molecular complexity index is 638. The highest BCUT2D eigenvalue weighted by Gasteiger charge is 2.60. The number of rotatable bonds is 1. The summed E-state index contributed by atoms with van der Waals surface area (Å²) < 4.78 is 5.31. The zero-order valence-corrected chi connectivity index (χ0v) is 15.6. The van der Waals surface area contributed by atoms with Gasteiger partial charge in [-0.1, -0.05) is 20.3 Å². The highest BCUT2D eigenvalue weighted by molar-refractivity contribution is 5.94. The van der Waals surface area contributed by atoms with Crippen molar-refractivity contribution in [2.45, 2.75) is 77.9 Å². The largest absolute Gasteiger partial charge is 0.459 e. The SMILES string of the molecule is CC(=O)O[C@H]1CC[C@@]2(C)C(=CC(=O)[C@H]3[C@@H]4CCC[C@@]4(C)CC[C@@H]32)[C@@H]1O. The third-order valence-corrected chi connectivity index (χ3v) is 8.09. The normalized spacial score (nSPS) is 48.9. The summed E-state index contributed by atoms with van der Waals surface area (Å²) in [5.74, 6) is 0.777. The number of aliphatic hydroxyl groups excluding tert-OH is 1. The van der Waals surface area contributed by atoms with Crippen molar-refractivity contribution in [3.05, 3.63) is 11.6 Å². The molecule has 0 aromatic heterocycles. The van der Waals surface area contributed by atoms with E-state index in [2.05, 4.69) is 13.8 Å². The Kier molecular flexibility index (Phi) is 3.91. The van der Waals surface area contributed by atoms with E-state index in [1.165, 1.54) is 32.6 Å². The molecule has 4 rings (SSSR count). The first-order valence-electron chi connectivity index (χ1n) is 9.87. The third kappa shape index (κ3) is 2.43. The Morgan fingerprint density at radius 2 is 1.92 bits per heavy atom. The van der Waals surface area contributed by atoms with Crippen LogP contribution in [0, 0.1) is 28.6 Å². The second kappa shape index (κ2) is 5.67. The van der Waals surface area contributed by atoms with Crippen LogP contribution in [0.15, 0.2) is 11.6 Å². The van der Waals surface area contributed by atoms with Crippen molar-refractivity contribution in [2.75, 3.05) is 0 Å². The molecule has 0 amide bonds. The molecule has 0 aliphatic heterocycles. The van der Waals surface area contributed by atoms with Crippen LogP contribution in [0.4, 0.5) is 0 Å². The first-order valence-corrected chi connectivity index (χ1v) is 9.87. The summed E-state index contributed by atoms with van der Waals surface area (Å²) in [5, 5.41) is 10.8. The Labute approximate surface area is 150 Å². The Morgan fingerprint density at radius 1 is 1.16 bits per heavy atom. The van der Waals surface area contributed by atoms with E-state index in [0.29, 0.717) is 23.7 Å². The summed E-state index contributed by atoms with van der Waals surface area (Å²) in [6.45, 7) is 5.98. The molecular formula is C21H30O4. The molecule has 0 unspecified atom stereocenters. The van der Waals surface area contributed by atoms with Crippen LogP contribution >= 0.6 is 0 Å². The van der Waals surface area contributed by atoms with Gasteiger partial charge in [-0.05, 0) is 72.8 Å². The van der Waals surface area contributed by atoms with Crippen LogP contribution in [0.1, 0.15) is 65.7 Å². The van der Waals surface area contributed by atoms with Crippen LogP contribution in [0.2, 0.25) is 0 Å². The summed E-state index contributed by atoms with van der Waals surface area (Å²) in [6.07, 6.45) is 7.85. The van der Waals surface area contributed by atoms with Crippen molar-refractivity contribution in [1.82, 2.24) is 0 Å². The van der Waals surface area contributed by atoms with Crippen molar-refractivity contribution in [3.8, 4) is 0 Å². The molecule has 0 radical (unpaired) electrons. The van der Waals surface area contributed by atoms with Gasteiger partial charge in [0.05, 0.1) is 0 Å². The van der Waals surface area contributed by atoms with Crippen LogP contribution in [0.25, 0.3) is 0 Å². The zero-order valence-electron chi connectivity index (χ0n) is 15.6. The number of carbonyl (C=O) groups excluding carboxylic acids is 2.